The number of benzene rings is 1. The monoisotopic (exact) mass is 369 g/mol. The Labute approximate surface area is 154 Å². The number of nitrogens with zero attached hydrogens (tertiary/aromatic N) is 5. The van der Waals surface area contributed by atoms with Crippen LogP contribution >= 0.6 is 0 Å². The fourth-order valence-corrected chi connectivity index (χ4v) is 3.63. The second kappa shape index (κ2) is 6.22. The molecule has 1 atom stereocenters. The first-order chi connectivity index (χ1) is 12.9. The van der Waals surface area contributed by atoms with Crippen LogP contribution in [0.3, 0.4) is 0 Å². The minimum absolute atomic E-state index is 0.138. The molecule has 0 aliphatic carbocycles. The summed E-state index contributed by atoms with van der Waals surface area (Å²) in [5.74, 6) is 0.509. The number of rotatable bonds is 3. The van der Waals surface area contributed by atoms with Crippen LogP contribution in [0.2, 0.25) is 0 Å². The summed E-state index contributed by atoms with van der Waals surface area (Å²) >= 11 is 0. The average Bonchev–Trinajstić information content (AvgIpc) is 3.03. The van der Waals surface area contributed by atoms with Crippen LogP contribution in [0.5, 0.6) is 0 Å². The van der Waals surface area contributed by atoms with Crippen LogP contribution in [0.15, 0.2) is 46.5 Å². The third kappa shape index (κ3) is 2.59. The van der Waals surface area contributed by atoms with Crippen LogP contribution in [0.25, 0.3) is 11.2 Å². The first-order valence-electron chi connectivity index (χ1n) is 8.76. The predicted molar refractivity (Wildman–Crippen MR) is 102 cm³/mol. The Bertz CT molecular complexity index is 1160. The molecule has 1 aliphatic rings. The van der Waals surface area contributed by atoms with Crippen LogP contribution in [-0.4, -0.2) is 25.2 Å². The molecule has 0 saturated heterocycles. The SMILES string of the molecule is C=CCn1c(=O)c2c(nc3n2C[C@@H](C)CN3c2ccc(F)cc2)n(C)c1=O. The highest BCUT2D eigenvalue weighted by Crippen LogP contribution is 2.32. The zero-order valence-corrected chi connectivity index (χ0v) is 15.2. The predicted octanol–water partition coefficient (Wildman–Crippen LogP) is 2.01. The molecule has 0 spiro atoms. The highest BCUT2D eigenvalue weighted by molar-refractivity contribution is 5.77. The van der Waals surface area contributed by atoms with Crippen molar-refractivity contribution < 1.29 is 4.39 Å². The summed E-state index contributed by atoms with van der Waals surface area (Å²) in [5.41, 5.74) is 0.731. The lowest BCUT2D eigenvalue weighted by Gasteiger charge is -2.32. The summed E-state index contributed by atoms with van der Waals surface area (Å²) in [4.78, 5) is 32.1. The number of fused-ring (bicyclic) bond motifs is 3. The molecule has 0 radical (unpaired) electrons. The van der Waals surface area contributed by atoms with Gasteiger partial charge in [-0.15, -0.1) is 6.58 Å². The van der Waals surface area contributed by atoms with Crippen LogP contribution in [0.4, 0.5) is 16.0 Å². The Morgan fingerprint density at radius 1 is 1.26 bits per heavy atom. The first-order valence-corrected chi connectivity index (χ1v) is 8.76. The van der Waals surface area contributed by atoms with Gasteiger partial charge in [0.15, 0.2) is 11.2 Å². The van der Waals surface area contributed by atoms with Gasteiger partial charge < -0.3 is 9.47 Å². The van der Waals surface area contributed by atoms with Gasteiger partial charge in [-0.2, -0.15) is 4.98 Å². The summed E-state index contributed by atoms with van der Waals surface area (Å²) in [6, 6.07) is 6.17. The molecule has 27 heavy (non-hydrogen) atoms. The van der Waals surface area contributed by atoms with Gasteiger partial charge in [0.1, 0.15) is 5.82 Å². The van der Waals surface area contributed by atoms with Gasteiger partial charge in [-0.1, -0.05) is 13.0 Å². The van der Waals surface area contributed by atoms with Crippen molar-refractivity contribution in [3.63, 3.8) is 0 Å². The molecule has 0 unspecified atom stereocenters. The van der Waals surface area contributed by atoms with E-state index in [1.165, 1.54) is 22.8 Å². The third-order valence-electron chi connectivity index (χ3n) is 4.89. The molecule has 0 bridgehead atoms. The molecule has 2 aromatic heterocycles. The van der Waals surface area contributed by atoms with Crippen molar-refractivity contribution in [3.8, 4) is 0 Å². The third-order valence-corrected chi connectivity index (χ3v) is 4.89. The smallest absolute Gasteiger partial charge is 0.312 e. The van der Waals surface area contributed by atoms with E-state index in [0.717, 1.165) is 10.3 Å². The highest BCUT2D eigenvalue weighted by atomic mass is 19.1. The zero-order valence-electron chi connectivity index (χ0n) is 15.2. The largest absolute Gasteiger partial charge is 0.332 e. The number of halogens is 1. The Hall–Kier alpha value is -3.16. The minimum atomic E-state index is -0.427. The molecule has 7 nitrogen and oxygen atoms in total. The van der Waals surface area contributed by atoms with Crippen molar-refractivity contribution in [2.24, 2.45) is 13.0 Å². The Morgan fingerprint density at radius 2 is 1.96 bits per heavy atom. The lowest BCUT2D eigenvalue weighted by atomic mass is 10.1. The van der Waals surface area contributed by atoms with Crippen molar-refractivity contribution >= 4 is 22.8 Å². The van der Waals surface area contributed by atoms with E-state index in [2.05, 4.69) is 18.5 Å². The van der Waals surface area contributed by atoms with Crippen LogP contribution < -0.4 is 16.1 Å². The molecular formula is C19H20FN5O2. The number of allylic oxidation sites excluding steroid dienone is 1. The van der Waals surface area contributed by atoms with Crippen molar-refractivity contribution in [1.29, 1.82) is 0 Å². The Morgan fingerprint density at radius 3 is 2.63 bits per heavy atom. The van der Waals surface area contributed by atoms with E-state index >= 15 is 0 Å². The molecule has 0 saturated carbocycles. The number of hydrogen-bond acceptors (Lipinski definition) is 4. The topological polar surface area (TPSA) is 65.1 Å². The number of imidazole rings is 1. The van der Waals surface area contributed by atoms with E-state index in [0.29, 0.717) is 30.2 Å². The van der Waals surface area contributed by atoms with Crippen LogP contribution in [0, 0.1) is 11.7 Å². The molecule has 0 amide bonds. The van der Waals surface area contributed by atoms with Gasteiger partial charge in [-0.3, -0.25) is 13.9 Å². The van der Waals surface area contributed by atoms with Gasteiger partial charge in [-0.25, -0.2) is 9.18 Å². The molecule has 3 aromatic rings. The van der Waals surface area contributed by atoms with E-state index in [1.54, 1.807) is 19.2 Å². The normalized spacial score (nSPS) is 16.6. The standard InChI is InChI=1S/C19H20FN5O2/c1-4-9-23-17(26)15-16(22(3)19(23)27)21-18-24(10-12(2)11-25(15)18)14-7-5-13(20)6-8-14/h4-8,12H,1,9-11H2,2-3H3/t12-/m0/s1. The van der Waals surface area contributed by atoms with E-state index in [-0.39, 0.29) is 23.8 Å². The number of aromatic nitrogens is 4. The minimum Gasteiger partial charge on any atom is -0.312 e. The maximum atomic E-state index is 13.3. The van der Waals surface area contributed by atoms with Crippen LogP contribution in [0.1, 0.15) is 6.92 Å². The molecule has 0 N–H and O–H groups in total. The van der Waals surface area contributed by atoms with E-state index in [9.17, 15) is 14.0 Å². The maximum Gasteiger partial charge on any atom is 0.332 e. The Kier molecular flexibility index (Phi) is 3.98. The van der Waals surface area contributed by atoms with Gasteiger partial charge >= 0.3 is 5.69 Å². The van der Waals surface area contributed by atoms with E-state index < -0.39 is 5.69 Å². The molecule has 0 fully saturated rings. The van der Waals surface area contributed by atoms with E-state index in [1.807, 2.05) is 9.47 Å². The highest BCUT2D eigenvalue weighted by Gasteiger charge is 2.29. The summed E-state index contributed by atoms with van der Waals surface area (Å²) in [6.07, 6.45) is 1.52. The number of hydrogen-bond donors (Lipinski definition) is 0. The average molecular weight is 369 g/mol. The van der Waals surface area contributed by atoms with Crippen molar-refractivity contribution in [3.05, 3.63) is 63.6 Å². The van der Waals surface area contributed by atoms with Crippen molar-refractivity contribution in [1.82, 2.24) is 18.7 Å². The number of anilines is 2. The van der Waals surface area contributed by atoms with E-state index in [4.69, 9.17) is 0 Å². The fraction of sp³-hybridized carbons (Fsp3) is 0.316. The van der Waals surface area contributed by atoms with Crippen molar-refractivity contribution in [2.45, 2.75) is 20.0 Å². The second-order valence-electron chi connectivity index (χ2n) is 6.93. The quantitative estimate of drug-likeness (QED) is 0.663. The summed E-state index contributed by atoms with van der Waals surface area (Å²) in [7, 11) is 1.61. The zero-order chi connectivity index (χ0) is 19.3. The Balaban J connectivity index is 2.02. The second-order valence-corrected chi connectivity index (χ2v) is 6.93. The molecule has 1 aliphatic heterocycles. The lowest BCUT2D eigenvalue weighted by Crippen LogP contribution is -2.40. The summed E-state index contributed by atoms with van der Waals surface area (Å²) in [5, 5.41) is 0. The molecule has 3 heterocycles. The molecule has 140 valence electrons. The number of aryl methyl sites for hydroxylation is 1. The molecule has 4 rings (SSSR count). The first kappa shape index (κ1) is 17.3. The molecular weight excluding hydrogens is 349 g/mol. The molecule has 1 aromatic carbocycles. The van der Waals surface area contributed by atoms with Gasteiger partial charge in [0.25, 0.3) is 5.56 Å². The molecule has 8 heteroatoms. The van der Waals surface area contributed by atoms with Crippen molar-refractivity contribution in [2.75, 3.05) is 11.4 Å². The van der Waals surface area contributed by atoms with Crippen LogP contribution in [-0.2, 0) is 20.1 Å². The van der Waals surface area contributed by atoms with Gasteiger partial charge in [0.2, 0.25) is 5.95 Å². The fourth-order valence-electron chi connectivity index (χ4n) is 3.63. The summed E-state index contributed by atoms with van der Waals surface area (Å²) < 4.78 is 17.7. The lowest BCUT2D eigenvalue weighted by molar-refractivity contribution is 0.458. The van der Waals surface area contributed by atoms with Gasteiger partial charge in [0, 0.05) is 32.4 Å². The summed E-state index contributed by atoms with van der Waals surface area (Å²) in [6.45, 7) is 7.14. The maximum absolute atomic E-state index is 13.3. The van der Waals surface area contributed by atoms with Gasteiger partial charge in [0.05, 0.1) is 0 Å². The van der Waals surface area contributed by atoms with Gasteiger partial charge in [-0.05, 0) is 30.2 Å².